The van der Waals surface area contributed by atoms with Crippen molar-refractivity contribution in [3.63, 3.8) is 0 Å². The summed E-state index contributed by atoms with van der Waals surface area (Å²) in [6.07, 6.45) is 4.25. The van der Waals surface area contributed by atoms with Crippen molar-refractivity contribution in [2.75, 3.05) is 6.54 Å². The number of rotatable bonds is 7. The summed E-state index contributed by atoms with van der Waals surface area (Å²) in [5.74, 6) is 0.326. The Hall–Kier alpha value is -2.93. The fourth-order valence-corrected chi connectivity index (χ4v) is 3.17. The molecular formula is C20H20ClN5O2. The predicted octanol–water partition coefficient (Wildman–Crippen LogP) is 2.45. The van der Waals surface area contributed by atoms with Crippen molar-refractivity contribution in [2.24, 2.45) is 0 Å². The standard InChI is InChI=1S/C20H20ClN5O2/c21-15-6-4-14(5-7-15)19-24-25(20(28)26(19)17-8-9-17)13-18(27)23-12-10-16-3-1-2-11-22-16/h1-7,11,17H,8-10,12-13H2,(H,23,27). The minimum atomic E-state index is -0.257. The molecule has 0 radical (unpaired) electrons. The zero-order valence-corrected chi connectivity index (χ0v) is 16.0. The second kappa shape index (κ2) is 7.98. The summed E-state index contributed by atoms with van der Waals surface area (Å²) in [6, 6.07) is 13.0. The summed E-state index contributed by atoms with van der Waals surface area (Å²) in [4.78, 5) is 29.3. The second-order valence-corrected chi connectivity index (χ2v) is 7.23. The van der Waals surface area contributed by atoms with E-state index in [0.717, 1.165) is 24.1 Å². The van der Waals surface area contributed by atoms with Crippen LogP contribution in [0.2, 0.25) is 5.02 Å². The van der Waals surface area contributed by atoms with Crippen LogP contribution in [0, 0.1) is 0 Å². The van der Waals surface area contributed by atoms with Gasteiger partial charge in [-0.2, -0.15) is 0 Å². The van der Waals surface area contributed by atoms with Crippen molar-refractivity contribution >= 4 is 17.5 Å². The van der Waals surface area contributed by atoms with Crippen LogP contribution in [0.15, 0.2) is 53.5 Å². The summed E-state index contributed by atoms with van der Waals surface area (Å²) in [7, 11) is 0. The number of hydrogen-bond acceptors (Lipinski definition) is 4. The van der Waals surface area contributed by atoms with Crippen LogP contribution in [-0.2, 0) is 17.8 Å². The van der Waals surface area contributed by atoms with E-state index in [0.29, 0.717) is 23.8 Å². The van der Waals surface area contributed by atoms with Gasteiger partial charge in [0.1, 0.15) is 6.54 Å². The lowest BCUT2D eigenvalue weighted by molar-refractivity contribution is -0.121. The predicted molar refractivity (Wildman–Crippen MR) is 106 cm³/mol. The Kier molecular flexibility index (Phi) is 5.25. The molecule has 0 bridgehead atoms. The van der Waals surface area contributed by atoms with Crippen molar-refractivity contribution in [3.05, 3.63) is 69.9 Å². The van der Waals surface area contributed by atoms with Crippen LogP contribution in [0.3, 0.4) is 0 Å². The lowest BCUT2D eigenvalue weighted by Gasteiger charge is -2.04. The van der Waals surface area contributed by atoms with Crippen LogP contribution in [0.25, 0.3) is 11.4 Å². The molecule has 2 heterocycles. The van der Waals surface area contributed by atoms with Crippen LogP contribution >= 0.6 is 11.6 Å². The molecule has 7 nitrogen and oxygen atoms in total. The first-order valence-electron chi connectivity index (χ1n) is 9.24. The zero-order chi connectivity index (χ0) is 19.5. The molecular weight excluding hydrogens is 378 g/mol. The topological polar surface area (TPSA) is 81.8 Å². The molecule has 0 spiro atoms. The summed E-state index contributed by atoms with van der Waals surface area (Å²) in [5.41, 5.74) is 1.46. The Balaban J connectivity index is 1.47. The third-order valence-corrected chi connectivity index (χ3v) is 4.86. The molecule has 1 fully saturated rings. The highest BCUT2D eigenvalue weighted by molar-refractivity contribution is 6.30. The second-order valence-electron chi connectivity index (χ2n) is 6.79. The van der Waals surface area contributed by atoms with Gasteiger partial charge in [-0.1, -0.05) is 17.7 Å². The van der Waals surface area contributed by atoms with Crippen molar-refractivity contribution < 1.29 is 4.79 Å². The zero-order valence-electron chi connectivity index (χ0n) is 15.2. The van der Waals surface area contributed by atoms with E-state index in [1.807, 2.05) is 30.3 Å². The molecule has 1 saturated carbocycles. The van der Waals surface area contributed by atoms with Crippen LogP contribution in [0.1, 0.15) is 24.6 Å². The summed E-state index contributed by atoms with van der Waals surface area (Å²) < 4.78 is 2.92. The normalized spacial score (nSPS) is 13.5. The number of nitrogens with zero attached hydrogens (tertiary/aromatic N) is 4. The first-order valence-corrected chi connectivity index (χ1v) is 9.61. The van der Waals surface area contributed by atoms with Crippen LogP contribution < -0.4 is 11.0 Å². The molecule has 1 aliphatic carbocycles. The average molecular weight is 398 g/mol. The van der Waals surface area contributed by atoms with Gasteiger partial charge >= 0.3 is 5.69 Å². The molecule has 0 saturated heterocycles. The van der Waals surface area contributed by atoms with Gasteiger partial charge in [0.2, 0.25) is 5.91 Å². The van der Waals surface area contributed by atoms with Gasteiger partial charge in [0, 0.05) is 41.5 Å². The van der Waals surface area contributed by atoms with Crippen LogP contribution in [-0.4, -0.2) is 31.8 Å². The highest BCUT2D eigenvalue weighted by Crippen LogP contribution is 2.36. The molecule has 8 heteroatoms. The number of carbonyl (C=O) groups is 1. The maximum Gasteiger partial charge on any atom is 0.346 e. The van der Waals surface area contributed by atoms with E-state index in [2.05, 4.69) is 15.4 Å². The van der Waals surface area contributed by atoms with Crippen molar-refractivity contribution in [1.29, 1.82) is 0 Å². The van der Waals surface area contributed by atoms with E-state index in [9.17, 15) is 9.59 Å². The Morgan fingerprint density at radius 1 is 1.18 bits per heavy atom. The van der Waals surface area contributed by atoms with Gasteiger partial charge in [-0.05, 0) is 49.2 Å². The van der Waals surface area contributed by atoms with Gasteiger partial charge in [-0.25, -0.2) is 9.48 Å². The van der Waals surface area contributed by atoms with Gasteiger partial charge in [0.25, 0.3) is 0 Å². The first kappa shape index (κ1) is 18.4. The minimum Gasteiger partial charge on any atom is -0.354 e. The molecule has 1 aliphatic rings. The molecule has 1 N–H and O–H groups in total. The molecule has 1 aromatic carbocycles. The quantitative estimate of drug-likeness (QED) is 0.664. The monoisotopic (exact) mass is 397 g/mol. The number of benzene rings is 1. The van der Waals surface area contributed by atoms with Gasteiger partial charge < -0.3 is 5.32 Å². The van der Waals surface area contributed by atoms with E-state index in [4.69, 9.17) is 11.6 Å². The first-order chi connectivity index (χ1) is 13.6. The van der Waals surface area contributed by atoms with Gasteiger partial charge in [0.15, 0.2) is 5.82 Å². The van der Waals surface area contributed by atoms with E-state index < -0.39 is 0 Å². The number of aromatic nitrogens is 4. The number of halogens is 1. The van der Waals surface area contributed by atoms with E-state index >= 15 is 0 Å². The minimum absolute atomic E-state index is 0.110. The summed E-state index contributed by atoms with van der Waals surface area (Å²) in [5, 5.41) is 7.87. The highest BCUT2D eigenvalue weighted by Gasteiger charge is 2.30. The summed E-state index contributed by atoms with van der Waals surface area (Å²) in [6.45, 7) is 0.347. The number of pyridine rings is 1. The van der Waals surface area contributed by atoms with Crippen molar-refractivity contribution in [1.82, 2.24) is 24.6 Å². The largest absolute Gasteiger partial charge is 0.354 e. The Labute approximate surface area is 167 Å². The Bertz CT molecular complexity index is 1020. The molecule has 3 aromatic rings. The maximum absolute atomic E-state index is 12.8. The lowest BCUT2D eigenvalue weighted by atomic mass is 10.2. The molecule has 144 valence electrons. The fourth-order valence-electron chi connectivity index (χ4n) is 3.05. The van der Waals surface area contributed by atoms with Gasteiger partial charge in [0.05, 0.1) is 0 Å². The Morgan fingerprint density at radius 3 is 2.64 bits per heavy atom. The maximum atomic E-state index is 12.8. The van der Waals surface area contributed by atoms with Crippen molar-refractivity contribution in [2.45, 2.75) is 31.8 Å². The lowest BCUT2D eigenvalue weighted by Crippen LogP contribution is -2.34. The van der Waals surface area contributed by atoms with E-state index in [1.165, 1.54) is 4.68 Å². The smallest absolute Gasteiger partial charge is 0.346 e. The number of amides is 1. The highest BCUT2D eigenvalue weighted by atomic mass is 35.5. The molecule has 0 atom stereocenters. The van der Waals surface area contributed by atoms with Gasteiger partial charge in [-0.15, -0.1) is 5.10 Å². The molecule has 28 heavy (non-hydrogen) atoms. The Morgan fingerprint density at radius 2 is 1.96 bits per heavy atom. The third kappa shape index (κ3) is 4.14. The molecule has 2 aromatic heterocycles. The third-order valence-electron chi connectivity index (χ3n) is 4.61. The molecule has 1 amide bonds. The van der Waals surface area contributed by atoms with E-state index in [1.54, 1.807) is 22.9 Å². The SMILES string of the molecule is O=C(Cn1nc(-c2ccc(Cl)cc2)n(C2CC2)c1=O)NCCc1ccccn1. The number of hydrogen-bond donors (Lipinski definition) is 1. The molecule has 0 unspecified atom stereocenters. The molecule has 4 rings (SSSR count). The van der Waals surface area contributed by atoms with Crippen LogP contribution in [0.5, 0.6) is 0 Å². The number of carbonyl (C=O) groups excluding carboxylic acids is 1. The molecule has 0 aliphatic heterocycles. The van der Waals surface area contributed by atoms with E-state index in [-0.39, 0.29) is 24.2 Å². The van der Waals surface area contributed by atoms with Crippen LogP contribution in [0.4, 0.5) is 0 Å². The summed E-state index contributed by atoms with van der Waals surface area (Å²) >= 11 is 5.96. The number of nitrogens with one attached hydrogen (secondary N) is 1. The van der Waals surface area contributed by atoms with Gasteiger partial charge in [-0.3, -0.25) is 14.3 Å². The average Bonchev–Trinajstić information content (AvgIpc) is 3.48. The van der Waals surface area contributed by atoms with Crippen molar-refractivity contribution in [3.8, 4) is 11.4 Å². The fraction of sp³-hybridized carbons (Fsp3) is 0.300.